The number of aryl methyl sites for hydroxylation is 1. The smallest absolute Gasteiger partial charge is 0.249 e. The van der Waals surface area contributed by atoms with Gasteiger partial charge in [0.25, 0.3) is 0 Å². The van der Waals surface area contributed by atoms with Crippen molar-refractivity contribution >= 4 is 28.8 Å². The fraction of sp³-hybridized carbons (Fsp3) is 0.0833. The quantitative estimate of drug-likeness (QED) is 0.876. The Bertz CT molecular complexity index is 604. The van der Waals surface area contributed by atoms with Crippen molar-refractivity contribution in [2.24, 2.45) is 5.73 Å². The van der Waals surface area contributed by atoms with E-state index in [9.17, 15) is 0 Å². The molecule has 0 aliphatic rings. The molecule has 0 saturated carbocycles. The molecule has 2 aromatic rings. The van der Waals surface area contributed by atoms with Crippen molar-refractivity contribution in [1.82, 2.24) is 10.2 Å². The topological polar surface area (TPSA) is 61.0 Å². The molecule has 0 radical (unpaired) electrons. The van der Waals surface area contributed by atoms with Crippen molar-refractivity contribution in [3.8, 4) is 11.6 Å². The Hall–Kier alpha value is -1.72. The van der Waals surface area contributed by atoms with E-state index in [1.54, 1.807) is 24.3 Å². The minimum absolute atomic E-state index is 0.214. The standard InChI is InChI=1S/C12H10ClN3OS/c1-7-6-8(13)2-3-10(7)17-12-9(11(14)18)4-5-15-16-12/h2-6H,1H3,(H2,14,18). The zero-order chi connectivity index (χ0) is 13.1. The molecule has 1 heterocycles. The van der Waals surface area contributed by atoms with Crippen molar-refractivity contribution < 1.29 is 4.74 Å². The Morgan fingerprint density at radius 2 is 2.17 bits per heavy atom. The number of halogens is 1. The normalized spacial score (nSPS) is 10.1. The summed E-state index contributed by atoms with van der Waals surface area (Å²) in [5.74, 6) is 0.924. The van der Waals surface area contributed by atoms with Gasteiger partial charge in [0.15, 0.2) is 0 Å². The maximum absolute atomic E-state index is 5.88. The number of hydrogen-bond donors (Lipinski definition) is 1. The number of rotatable bonds is 3. The van der Waals surface area contributed by atoms with Crippen molar-refractivity contribution in [3.63, 3.8) is 0 Å². The summed E-state index contributed by atoms with van der Waals surface area (Å²) in [5, 5.41) is 8.29. The average molecular weight is 280 g/mol. The van der Waals surface area contributed by atoms with Crippen LogP contribution in [0.15, 0.2) is 30.5 Å². The van der Waals surface area contributed by atoms with E-state index in [-0.39, 0.29) is 10.9 Å². The molecule has 1 aromatic heterocycles. The largest absolute Gasteiger partial charge is 0.437 e. The molecule has 92 valence electrons. The Kier molecular flexibility index (Phi) is 3.74. The summed E-state index contributed by atoms with van der Waals surface area (Å²) in [6.07, 6.45) is 1.51. The van der Waals surface area contributed by atoms with Crippen molar-refractivity contribution in [1.29, 1.82) is 0 Å². The number of benzene rings is 1. The third-order valence-electron chi connectivity index (χ3n) is 2.30. The zero-order valence-electron chi connectivity index (χ0n) is 9.55. The van der Waals surface area contributed by atoms with Crippen LogP contribution in [-0.4, -0.2) is 15.2 Å². The van der Waals surface area contributed by atoms with Crippen LogP contribution in [0.5, 0.6) is 11.6 Å². The van der Waals surface area contributed by atoms with Crippen LogP contribution in [0.4, 0.5) is 0 Å². The molecule has 1 aromatic carbocycles. The van der Waals surface area contributed by atoms with E-state index in [0.29, 0.717) is 16.3 Å². The molecule has 4 nitrogen and oxygen atoms in total. The predicted octanol–water partition coefficient (Wildman–Crippen LogP) is 2.86. The first-order chi connectivity index (χ1) is 8.58. The number of hydrogen-bond acceptors (Lipinski definition) is 4. The van der Waals surface area contributed by atoms with Gasteiger partial charge in [-0.1, -0.05) is 23.8 Å². The molecule has 0 aliphatic carbocycles. The predicted molar refractivity (Wildman–Crippen MR) is 74.2 cm³/mol. The molecule has 0 unspecified atom stereocenters. The van der Waals surface area contributed by atoms with E-state index in [1.165, 1.54) is 6.20 Å². The summed E-state index contributed by atoms with van der Waals surface area (Å²) in [5.41, 5.74) is 7.03. The number of aromatic nitrogens is 2. The maximum Gasteiger partial charge on any atom is 0.249 e. The van der Waals surface area contributed by atoms with Gasteiger partial charge in [-0.05, 0) is 36.8 Å². The van der Waals surface area contributed by atoms with E-state index < -0.39 is 0 Å². The van der Waals surface area contributed by atoms with Crippen LogP contribution in [0.3, 0.4) is 0 Å². The van der Waals surface area contributed by atoms with Crippen LogP contribution in [0.2, 0.25) is 5.02 Å². The highest BCUT2D eigenvalue weighted by Gasteiger charge is 2.10. The van der Waals surface area contributed by atoms with Crippen LogP contribution >= 0.6 is 23.8 Å². The summed E-state index contributed by atoms with van der Waals surface area (Å²) in [7, 11) is 0. The van der Waals surface area contributed by atoms with E-state index >= 15 is 0 Å². The Morgan fingerprint density at radius 3 is 2.83 bits per heavy atom. The summed E-state index contributed by atoms with van der Waals surface area (Å²) in [6.45, 7) is 1.89. The summed E-state index contributed by atoms with van der Waals surface area (Å²) in [6, 6.07) is 6.96. The second-order valence-corrected chi connectivity index (χ2v) is 4.50. The summed E-state index contributed by atoms with van der Waals surface area (Å²) < 4.78 is 5.66. The first-order valence-corrected chi connectivity index (χ1v) is 5.92. The van der Waals surface area contributed by atoms with Crippen LogP contribution in [0, 0.1) is 6.92 Å². The SMILES string of the molecule is Cc1cc(Cl)ccc1Oc1nnccc1C(N)=S. The number of thiocarbonyl (C=S) groups is 1. The van der Waals surface area contributed by atoms with Gasteiger partial charge in [0.1, 0.15) is 10.7 Å². The molecule has 0 amide bonds. The lowest BCUT2D eigenvalue weighted by Gasteiger charge is -2.10. The Labute approximate surface area is 115 Å². The molecule has 0 aliphatic heterocycles. The van der Waals surface area contributed by atoms with Crippen LogP contribution in [0.1, 0.15) is 11.1 Å². The minimum atomic E-state index is 0.214. The van der Waals surface area contributed by atoms with E-state index in [0.717, 1.165) is 5.56 Å². The third kappa shape index (κ3) is 2.75. The van der Waals surface area contributed by atoms with Gasteiger partial charge < -0.3 is 10.5 Å². The fourth-order valence-electron chi connectivity index (χ4n) is 1.41. The first-order valence-electron chi connectivity index (χ1n) is 5.13. The van der Waals surface area contributed by atoms with E-state index in [1.807, 2.05) is 6.92 Å². The van der Waals surface area contributed by atoms with Gasteiger partial charge in [-0.25, -0.2) is 0 Å². The van der Waals surface area contributed by atoms with Crippen molar-refractivity contribution in [2.75, 3.05) is 0 Å². The third-order valence-corrected chi connectivity index (χ3v) is 2.75. The lowest BCUT2D eigenvalue weighted by atomic mass is 10.2. The van der Waals surface area contributed by atoms with Gasteiger partial charge in [-0.3, -0.25) is 0 Å². The van der Waals surface area contributed by atoms with Crippen LogP contribution in [-0.2, 0) is 0 Å². The number of ether oxygens (including phenoxy) is 1. The van der Waals surface area contributed by atoms with Gasteiger partial charge in [-0.15, -0.1) is 5.10 Å². The van der Waals surface area contributed by atoms with Crippen LogP contribution < -0.4 is 10.5 Å². The lowest BCUT2D eigenvalue weighted by molar-refractivity contribution is 0.451. The number of nitrogens with two attached hydrogens (primary N) is 1. The fourth-order valence-corrected chi connectivity index (χ4v) is 1.80. The molecule has 0 spiro atoms. The Morgan fingerprint density at radius 1 is 1.39 bits per heavy atom. The minimum Gasteiger partial charge on any atom is -0.437 e. The highest BCUT2D eigenvalue weighted by Crippen LogP contribution is 2.27. The highest BCUT2D eigenvalue weighted by molar-refractivity contribution is 7.80. The van der Waals surface area contributed by atoms with Gasteiger partial charge in [0.05, 0.1) is 11.8 Å². The molecular weight excluding hydrogens is 270 g/mol. The van der Waals surface area contributed by atoms with E-state index in [2.05, 4.69) is 10.2 Å². The van der Waals surface area contributed by atoms with Gasteiger partial charge in [0, 0.05) is 5.02 Å². The molecular formula is C12H10ClN3OS. The Balaban J connectivity index is 2.37. The molecule has 0 saturated heterocycles. The molecule has 18 heavy (non-hydrogen) atoms. The molecule has 0 atom stereocenters. The van der Waals surface area contributed by atoms with Gasteiger partial charge >= 0.3 is 0 Å². The van der Waals surface area contributed by atoms with Crippen molar-refractivity contribution in [2.45, 2.75) is 6.92 Å². The second kappa shape index (κ2) is 5.29. The average Bonchev–Trinajstić information content (AvgIpc) is 2.33. The highest BCUT2D eigenvalue weighted by atomic mass is 35.5. The molecule has 0 fully saturated rings. The monoisotopic (exact) mass is 279 g/mol. The van der Waals surface area contributed by atoms with E-state index in [4.69, 9.17) is 34.3 Å². The summed E-state index contributed by atoms with van der Waals surface area (Å²) >= 11 is 10.8. The molecule has 6 heteroatoms. The maximum atomic E-state index is 5.88. The molecule has 2 rings (SSSR count). The van der Waals surface area contributed by atoms with Crippen LogP contribution in [0.25, 0.3) is 0 Å². The number of nitrogens with zero attached hydrogens (tertiary/aromatic N) is 2. The first kappa shape index (κ1) is 12.7. The molecule has 0 bridgehead atoms. The zero-order valence-corrected chi connectivity index (χ0v) is 11.1. The lowest BCUT2D eigenvalue weighted by Crippen LogP contribution is -2.12. The van der Waals surface area contributed by atoms with Gasteiger partial charge in [-0.2, -0.15) is 5.10 Å². The second-order valence-electron chi connectivity index (χ2n) is 3.63. The molecule has 2 N–H and O–H groups in total. The summed E-state index contributed by atoms with van der Waals surface area (Å²) in [4.78, 5) is 0.214. The van der Waals surface area contributed by atoms with Gasteiger partial charge in [0.2, 0.25) is 5.88 Å². The van der Waals surface area contributed by atoms with Crippen molar-refractivity contribution in [3.05, 3.63) is 46.6 Å².